The first-order chi connectivity index (χ1) is 12.8. The summed E-state index contributed by atoms with van der Waals surface area (Å²) in [6.07, 6.45) is 3.14. The smallest absolute Gasteiger partial charge is 0.100 e. The summed E-state index contributed by atoms with van der Waals surface area (Å²) < 4.78 is 1.99. The minimum Gasteiger partial charge on any atom is -0.411 e. The second kappa shape index (κ2) is 6.54. The summed E-state index contributed by atoms with van der Waals surface area (Å²) in [6, 6.07) is 23.5. The van der Waals surface area contributed by atoms with Crippen LogP contribution < -0.4 is 0 Å². The minimum atomic E-state index is 0.646. The Morgan fingerprint density at radius 2 is 1.92 bits per heavy atom. The lowest BCUT2D eigenvalue weighted by molar-refractivity contribution is 0.322. The Balaban J connectivity index is 1.82. The maximum Gasteiger partial charge on any atom is 0.100 e. The molecule has 0 saturated carbocycles. The number of hydrogen-bond donors (Lipinski definition) is 1. The topological polar surface area (TPSA) is 74.2 Å². The summed E-state index contributed by atoms with van der Waals surface area (Å²) in [6.45, 7) is 0. The Labute approximate surface area is 150 Å². The van der Waals surface area contributed by atoms with Crippen LogP contribution in [0, 0.1) is 11.3 Å². The van der Waals surface area contributed by atoms with E-state index in [2.05, 4.69) is 16.2 Å². The molecule has 0 aliphatic rings. The Bertz CT molecular complexity index is 1170. The zero-order valence-electron chi connectivity index (χ0n) is 13.7. The van der Waals surface area contributed by atoms with Crippen molar-refractivity contribution >= 4 is 17.2 Å². The Kier molecular flexibility index (Phi) is 3.92. The Morgan fingerprint density at radius 1 is 1.04 bits per heavy atom. The van der Waals surface area contributed by atoms with Crippen LogP contribution in [0.2, 0.25) is 0 Å². The molecule has 0 atom stereocenters. The highest BCUT2D eigenvalue weighted by molar-refractivity contribution is 5.87. The molecule has 0 saturated heterocycles. The van der Waals surface area contributed by atoms with Gasteiger partial charge in [0.25, 0.3) is 0 Å². The highest BCUT2D eigenvalue weighted by atomic mass is 16.4. The van der Waals surface area contributed by atoms with Crippen molar-refractivity contribution in [1.29, 1.82) is 5.26 Å². The van der Waals surface area contributed by atoms with Gasteiger partial charge in [0.1, 0.15) is 6.33 Å². The molecule has 124 valence electrons. The third-order valence-corrected chi connectivity index (χ3v) is 4.26. The zero-order valence-corrected chi connectivity index (χ0v) is 13.7. The van der Waals surface area contributed by atoms with Gasteiger partial charge < -0.3 is 5.21 Å². The molecule has 1 heterocycles. The van der Waals surface area contributed by atoms with E-state index in [1.54, 1.807) is 6.33 Å². The molecule has 4 rings (SSSR count). The maximum atomic E-state index is 9.35. The monoisotopic (exact) mass is 338 g/mol. The van der Waals surface area contributed by atoms with Crippen molar-refractivity contribution < 1.29 is 5.21 Å². The fourth-order valence-electron chi connectivity index (χ4n) is 3.04. The summed E-state index contributed by atoms with van der Waals surface area (Å²) in [5.74, 6) is 0. The van der Waals surface area contributed by atoms with Crippen LogP contribution in [0.15, 0.2) is 78.2 Å². The van der Waals surface area contributed by atoms with E-state index in [1.807, 2.05) is 71.3 Å². The van der Waals surface area contributed by atoms with E-state index in [1.165, 1.54) is 6.21 Å². The van der Waals surface area contributed by atoms with Crippen molar-refractivity contribution in [3.63, 3.8) is 0 Å². The molecule has 0 unspecified atom stereocenters. The van der Waals surface area contributed by atoms with E-state index >= 15 is 0 Å². The summed E-state index contributed by atoms with van der Waals surface area (Å²) in [5, 5.41) is 21.1. The Morgan fingerprint density at radius 3 is 2.77 bits per heavy atom. The summed E-state index contributed by atoms with van der Waals surface area (Å²) >= 11 is 0. The lowest BCUT2D eigenvalue weighted by atomic mass is 10.00. The van der Waals surface area contributed by atoms with E-state index in [-0.39, 0.29) is 0 Å². The van der Waals surface area contributed by atoms with E-state index in [9.17, 15) is 5.26 Å². The molecule has 5 heteroatoms. The molecule has 0 aliphatic carbocycles. The quantitative estimate of drug-likeness (QED) is 0.342. The molecule has 0 amide bonds. The molecule has 5 nitrogen and oxygen atoms in total. The summed E-state index contributed by atoms with van der Waals surface area (Å²) in [4.78, 5) is 4.44. The fraction of sp³-hybridized carbons (Fsp3) is 0. The van der Waals surface area contributed by atoms with Crippen LogP contribution in [-0.2, 0) is 0 Å². The predicted molar refractivity (Wildman–Crippen MR) is 101 cm³/mol. The third-order valence-electron chi connectivity index (χ3n) is 4.26. The van der Waals surface area contributed by atoms with Gasteiger partial charge in [0, 0.05) is 5.69 Å². The molecular formula is C21H14N4O. The average Bonchev–Trinajstić information content (AvgIpc) is 3.11. The van der Waals surface area contributed by atoms with Crippen LogP contribution in [0.5, 0.6) is 0 Å². The van der Waals surface area contributed by atoms with Gasteiger partial charge in [-0.25, -0.2) is 4.98 Å². The van der Waals surface area contributed by atoms with E-state index in [0.717, 1.165) is 33.4 Å². The van der Waals surface area contributed by atoms with Crippen LogP contribution in [0.3, 0.4) is 0 Å². The predicted octanol–water partition coefficient (Wildman–Crippen LogP) is 4.37. The van der Waals surface area contributed by atoms with Gasteiger partial charge >= 0.3 is 0 Å². The van der Waals surface area contributed by atoms with Crippen LogP contribution in [-0.4, -0.2) is 21.0 Å². The largest absolute Gasteiger partial charge is 0.411 e. The lowest BCUT2D eigenvalue weighted by Crippen LogP contribution is -1.93. The number of aromatic nitrogens is 2. The second-order valence-electron chi connectivity index (χ2n) is 5.82. The van der Waals surface area contributed by atoms with Gasteiger partial charge in [-0.15, -0.1) is 0 Å². The first kappa shape index (κ1) is 15.6. The highest BCUT2D eigenvalue weighted by Crippen LogP contribution is 2.27. The van der Waals surface area contributed by atoms with E-state index in [0.29, 0.717) is 5.56 Å². The average molecular weight is 338 g/mol. The first-order valence-corrected chi connectivity index (χ1v) is 8.04. The van der Waals surface area contributed by atoms with Crippen LogP contribution in [0.25, 0.3) is 27.8 Å². The lowest BCUT2D eigenvalue weighted by Gasteiger charge is -2.09. The van der Waals surface area contributed by atoms with Crippen molar-refractivity contribution in [2.45, 2.75) is 0 Å². The number of nitriles is 1. The number of fused-ring (bicyclic) bond motifs is 1. The normalized spacial score (nSPS) is 11.0. The van der Waals surface area contributed by atoms with Crippen molar-refractivity contribution in [2.24, 2.45) is 5.16 Å². The standard InChI is InChI=1S/C21H14N4O/c22-12-17-4-1-2-7-19(17)16-5-3-6-18(11-16)25-14-23-20-10-15(13-24-26)8-9-21(20)25/h1-11,13-14,26H. The van der Waals surface area contributed by atoms with Crippen molar-refractivity contribution in [1.82, 2.24) is 9.55 Å². The molecule has 1 N–H and O–H groups in total. The highest BCUT2D eigenvalue weighted by Gasteiger charge is 2.08. The molecule has 0 spiro atoms. The van der Waals surface area contributed by atoms with E-state index in [4.69, 9.17) is 5.21 Å². The van der Waals surface area contributed by atoms with Gasteiger partial charge in [-0.3, -0.25) is 4.57 Å². The van der Waals surface area contributed by atoms with Gasteiger partial charge in [-0.1, -0.05) is 41.6 Å². The van der Waals surface area contributed by atoms with Gasteiger partial charge in [0.2, 0.25) is 0 Å². The first-order valence-electron chi connectivity index (χ1n) is 8.04. The summed E-state index contributed by atoms with van der Waals surface area (Å²) in [7, 11) is 0. The van der Waals surface area contributed by atoms with Gasteiger partial charge in [0.05, 0.1) is 28.9 Å². The molecular weight excluding hydrogens is 324 g/mol. The van der Waals surface area contributed by atoms with Gasteiger partial charge in [-0.2, -0.15) is 5.26 Å². The number of benzene rings is 3. The molecule has 3 aromatic carbocycles. The van der Waals surface area contributed by atoms with Gasteiger partial charge in [0.15, 0.2) is 0 Å². The number of hydrogen-bond acceptors (Lipinski definition) is 4. The molecule has 0 radical (unpaired) electrons. The van der Waals surface area contributed by atoms with E-state index < -0.39 is 0 Å². The molecule has 26 heavy (non-hydrogen) atoms. The van der Waals surface area contributed by atoms with Gasteiger partial charge in [-0.05, 0) is 47.0 Å². The van der Waals surface area contributed by atoms with Crippen LogP contribution in [0.4, 0.5) is 0 Å². The van der Waals surface area contributed by atoms with Crippen molar-refractivity contribution in [2.75, 3.05) is 0 Å². The second-order valence-corrected chi connectivity index (χ2v) is 5.82. The number of nitrogens with zero attached hydrogens (tertiary/aromatic N) is 4. The minimum absolute atomic E-state index is 0.646. The maximum absolute atomic E-state index is 9.35. The molecule has 4 aromatic rings. The SMILES string of the molecule is N#Cc1ccccc1-c1cccc(-n2cnc3cc(C=NO)ccc32)c1. The third kappa shape index (κ3) is 2.70. The fourth-order valence-corrected chi connectivity index (χ4v) is 3.04. The summed E-state index contributed by atoms with van der Waals surface area (Å²) in [5.41, 5.74) is 6.03. The number of oxime groups is 1. The number of rotatable bonds is 3. The molecule has 0 fully saturated rings. The van der Waals surface area contributed by atoms with Crippen LogP contribution in [0.1, 0.15) is 11.1 Å². The van der Waals surface area contributed by atoms with Crippen molar-refractivity contribution in [3.8, 4) is 22.9 Å². The molecule has 1 aromatic heterocycles. The number of imidazole rings is 1. The molecule has 0 bridgehead atoms. The Hall–Kier alpha value is -3.91. The van der Waals surface area contributed by atoms with Crippen LogP contribution >= 0.6 is 0 Å². The molecule has 0 aliphatic heterocycles. The zero-order chi connectivity index (χ0) is 17.9. The van der Waals surface area contributed by atoms with Crippen molar-refractivity contribution in [3.05, 3.63) is 84.2 Å².